The molecule has 2 rings (SSSR count). The van der Waals surface area contributed by atoms with Gasteiger partial charge in [0.1, 0.15) is 11.3 Å². The zero-order valence-electron chi connectivity index (χ0n) is 12.2. The molecule has 0 atom stereocenters. The zero-order chi connectivity index (χ0) is 13.8. The normalized spacial score (nSPS) is 11.0. The van der Waals surface area contributed by atoms with Crippen molar-refractivity contribution in [1.82, 2.24) is 4.98 Å². The molecule has 102 valence electrons. The second-order valence-electron chi connectivity index (χ2n) is 4.87. The molecular formula is C16H22N2O. The van der Waals surface area contributed by atoms with Crippen molar-refractivity contribution in [3.05, 3.63) is 30.0 Å². The van der Waals surface area contributed by atoms with Crippen LogP contribution in [-0.2, 0) is 0 Å². The van der Waals surface area contributed by atoms with Gasteiger partial charge in [0.25, 0.3) is 0 Å². The summed E-state index contributed by atoms with van der Waals surface area (Å²) >= 11 is 0. The zero-order valence-corrected chi connectivity index (χ0v) is 12.2. The Labute approximate surface area is 115 Å². The van der Waals surface area contributed by atoms with Crippen molar-refractivity contribution in [3.63, 3.8) is 0 Å². The summed E-state index contributed by atoms with van der Waals surface area (Å²) in [5.74, 6) is 1.26. The lowest BCUT2D eigenvalue weighted by Gasteiger charge is -2.14. The quantitative estimate of drug-likeness (QED) is 0.873. The molecule has 0 aliphatic rings. The number of nitrogens with zero attached hydrogens (tertiary/aromatic N) is 1. The van der Waals surface area contributed by atoms with Gasteiger partial charge >= 0.3 is 0 Å². The van der Waals surface area contributed by atoms with Crippen LogP contribution in [0, 0.1) is 0 Å². The third kappa shape index (κ3) is 2.80. The second-order valence-corrected chi connectivity index (χ2v) is 4.87. The number of aromatic nitrogens is 1. The molecule has 2 aromatic rings. The predicted octanol–water partition coefficient (Wildman–Crippen LogP) is 4.19. The van der Waals surface area contributed by atoms with Gasteiger partial charge in [-0.3, -0.25) is 0 Å². The number of benzene rings is 1. The van der Waals surface area contributed by atoms with Crippen molar-refractivity contribution in [1.29, 1.82) is 0 Å². The average molecular weight is 258 g/mol. The average Bonchev–Trinajstić information content (AvgIpc) is 2.40. The highest BCUT2D eigenvalue weighted by Gasteiger charge is 2.11. The first-order valence-electron chi connectivity index (χ1n) is 6.97. The molecule has 0 bridgehead atoms. The van der Waals surface area contributed by atoms with Gasteiger partial charge in [0.15, 0.2) is 0 Å². The standard InChI is InChI=1S/C16H22N2O/c1-5-17-14-10-13(11(3)4)18-16-12(14)8-7-9-15(16)19-6-2/h7-11H,5-6H2,1-4H3,(H,17,18). The van der Waals surface area contributed by atoms with E-state index in [2.05, 4.69) is 38.2 Å². The maximum absolute atomic E-state index is 5.70. The van der Waals surface area contributed by atoms with E-state index in [1.54, 1.807) is 0 Å². The molecule has 1 N–H and O–H groups in total. The number of para-hydroxylation sites is 1. The molecule has 0 radical (unpaired) electrons. The molecular weight excluding hydrogens is 236 g/mol. The predicted molar refractivity (Wildman–Crippen MR) is 81.2 cm³/mol. The first-order chi connectivity index (χ1) is 9.17. The summed E-state index contributed by atoms with van der Waals surface area (Å²) in [6.07, 6.45) is 0. The van der Waals surface area contributed by atoms with Gasteiger partial charge in [0, 0.05) is 23.3 Å². The largest absolute Gasteiger partial charge is 0.492 e. The van der Waals surface area contributed by atoms with E-state index in [0.29, 0.717) is 12.5 Å². The van der Waals surface area contributed by atoms with E-state index in [4.69, 9.17) is 9.72 Å². The molecule has 1 heterocycles. The Bertz CT molecular complexity index is 564. The molecule has 3 nitrogen and oxygen atoms in total. The Kier molecular flexibility index (Phi) is 4.25. The van der Waals surface area contributed by atoms with E-state index in [9.17, 15) is 0 Å². The monoisotopic (exact) mass is 258 g/mol. The lowest BCUT2D eigenvalue weighted by molar-refractivity contribution is 0.343. The molecule has 3 heteroatoms. The Morgan fingerprint density at radius 1 is 1.26 bits per heavy atom. The minimum absolute atomic E-state index is 0.400. The molecule has 0 aliphatic heterocycles. The molecule has 0 unspecified atom stereocenters. The van der Waals surface area contributed by atoms with Gasteiger partial charge in [-0.05, 0) is 31.9 Å². The summed E-state index contributed by atoms with van der Waals surface area (Å²) in [5.41, 5.74) is 3.18. The number of anilines is 1. The Hall–Kier alpha value is -1.77. The number of rotatable bonds is 5. The molecule has 1 aromatic carbocycles. The van der Waals surface area contributed by atoms with Crippen molar-refractivity contribution in [2.45, 2.75) is 33.6 Å². The van der Waals surface area contributed by atoms with Crippen molar-refractivity contribution in [2.75, 3.05) is 18.5 Å². The fraction of sp³-hybridized carbons (Fsp3) is 0.438. The van der Waals surface area contributed by atoms with Crippen molar-refractivity contribution >= 4 is 16.6 Å². The Morgan fingerprint density at radius 3 is 2.68 bits per heavy atom. The van der Waals surface area contributed by atoms with Crippen LogP contribution >= 0.6 is 0 Å². The van der Waals surface area contributed by atoms with Gasteiger partial charge < -0.3 is 10.1 Å². The number of hydrogen-bond acceptors (Lipinski definition) is 3. The van der Waals surface area contributed by atoms with Crippen LogP contribution in [-0.4, -0.2) is 18.1 Å². The molecule has 0 aliphatic carbocycles. The fourth-order valence-corrected chi connectivity index (χ4v) is 2.15. The maximum atomic E-state index is 5.70. The smallest absolute Gasteiger partial charge is 0.145 e. The molecule has 0 amide bonds. The summed E-state index contributed by atoms with van der Waals surface area (Å²) in [4.78, 5) is 4.77. The number of pyridine rings is 1. The van der Waals surface area contributed by atoms with Crippen LogP contribution in [0.1, 0.15) is 39.3 Å². The minimum atomic E-state index is 0.400. The van der Waals surface area contributed by atoms with E-state index in [0.717, 1.165) is 34.6 Å². The topological polar surface area (TPSA) is 34.2 Å². The Balaban J connectivity index is 2.67. The SMILES string of the molecule is CCNc1cc(C(C)C)nc2c(OCC)cccc12. The molecule has 0 saturated carbocycles. The van der Waals surface area contributed by atoms with Crippen molar-refractivity contribution in [2.24, 2.45) is 0 Å². The van der Waals surface area contributed by atoms with Gasteiger partial charge in [-0.2, -0.15) is 0 Å². The van der Waals surface area contributed by atoms with Crippen molar-refractivity contribution in [3.8, 4) is 5.75 Å². The van der Waals surface area contributed by atoms with Gasteiger partial charge in [-0.25, -0.2) is 4.98 Å². The van der Waals surface area contributed by atoms with Crippen LogP contribution in [0.15, 0.2) is 24.3 Å². The maximum Gasteiger partial charge on any atom is 0.145 e. The fourth-order valence-electron chi connectivity index (χ4n) is 2.15. The van der Waals surface area contributed by atoms with Crippen LogP contribution in [0.3, 0.4) is 0 Å². The third-order valence-electron chi connectivity index (χ3n) is 3.08. The summed E-state index contributed by atoms with van der Waals surface area (Å²) in [6.45, 7) is 9.98. The number of ether oxygens (including phenoxy) is 1. The Morgan fingerprint density at radius 2 is 2.05 bits per heavy atom. The van der Waals surface area contributed by atoms with E-state index in [-0.39, 0.29) is 0 Å². The first-order valence-corrected chi connectivity index (χ1v) is 6.97. The van der Waals surface area contributed by atoms with Crippen LogP contribution < -0.4 is 10.1 Å². The highest BCUT2D eigenvalue weighted by atomic mass is 16.5. The third-order valence-corrected chi connectivity index (χ3v) is 3.08. The van der Waals surface area contributed by atoms with Crippen LogP contribution in [0.4, 0.5) is 5.69 Å². The minimum Gasteiger partial charge on any atom is -0.492 e. The van der Waals surface area contributed by atoms with Gasteiger partial charge in [0.2, 0.25) is 0 Å². The summed E-state index contributed by atoms with van der Waals surface area (Å²) < 4.78 is 5.70. The summed E-state index contributed by atoms with van der Waals surface area (Å²) in [7, 11) is 0. The molecule has 0 spiro atoms. The first kappa shape index (κ1) is 13.7. The van der Waals surface area contributed by atoms with Crippen LogP contribution in [0.25, 0.3) is 10.9 Å². The van der Waals surface area contributed by atoms with Gasteiger partial charge in [0.05, 0.1) is 6.61 Å². The summed E-state index contributed by atoms with van der Waals surface area (Å²) in [5, 5.41) is 4.54. The molecule has 0 saturated heterocycles. The van der Waals surface area contributed by atoms with Crippen LogP contribution in [0.2, 0.25) is 0 Å². The van der Waals surface area contributed by atoms with E-state index < -0.39 is 0 Å². The van der Waals surface area contributed by atoms with Gasteiger partial charge in [-0.15, -0.1) is 0 Å². The number of fused-ring (bicyclic) bond motifs is 1. The van der Waals surface area contributed by atoms with Crippen LogP contribution in [0.5, 0.6) is 5.75 Å². The highest BCUT2D eigenvalue weighted by molar-refractivity contribution is 5.95. The van der Waals surface area contributed by atoms with E-state index in [1.807, 2.05) is 19.1 Å². The molecule has 1 aromatic heterocycles. The van der Waals surface area contributed by atoms with Gasteiger partial charge in [-0.1, -0.05) is 26.0 Å². The number of hydrogen-bond donors (Lipinski definition) is 1. The molecule has 0 fully saturated rings. The van der Waals surface area contributed by atoms with E-state index >= 15 is 0 Å². The second kappa shape index (κ2) is 5.91. The molecule has 19 heavy (non-hydrogen) atoms. The van der Waals surface area contributed by atoms with Crippen molar-refractivity contribution < 1.29 is 4.74 Å². The lowest BCUT2D eigenvalue weighted by Crippen LogP contribution is -2.03. The summed E-state index contributed by atoms with van der Waals surface area (Å²) in [6, 6.07) is 8.24. The number of nitrogens with one attached hydrogen (secondary N) is 1. The lowest BCUT2D eigenvalue weighted by atomic mass is 10.1. The highest BCUT2D eigenvalue weighted by Crippen LogP contribution is 2.31. The van der Waals surface area contributed by atoms with E-state index in [1.165, 1.54) is 0 Å².